The van der Waals surface area contributed by atoms with E-state index in [1.54, 1.807) is 0 Å². The molecule has 1 saturated heterocycles. The van der Waals surface area contributed by atoms with Gasteiger partial charge < -0.3 is 14.2 Å². The zero-order chi connectivity index (χ0) is 17.9. The summed E-state index contributed by atoms with van der Waals surface area (Å²) in [6, 6.07) is 2.17. The van der Waals surface area contributed by atoms with E-state index in [0.29, 0.717) is 17.7 Å². The van der Waals surface area contributed by atoms with E-state index < -0.39 is 0 Å². The minimum Gasteiger partial charge on any atom is -0.388 e. The predicted molar refractivity (Wildman–Crippen MR) is 96.5 cm³/mol. The molecular weight excluding hydrogens is 330 g/mol. The number of hydrogen-bond acceptors (Lipinski definition) is 6. The normalized spacial score (nSPS) is 22.8. The van der Waals surface area contributed by atoms with E-state index in [2.05, 4.69) is 26.3 Å². The molecule has 1 unspecified atom stereocenters. The van der Waals surface area contributed by atoms with E-state index in [4.69, 9.17) is 4.52 Å². The summed E-state index contributed by atoms with van der Waals surface area (Å²) in [4.78, 5) is 2.42. The molecule has 7 nitrogen and oxygen atoms in total. The molecule has 1 N–H and O–H groups in total. The molecule has 1 aliphatic carbocycles. The van der Waals surface area contributed by atoms with Gasteiger partial charge in [-0.05, 0) is 32.2 Å². The van der Waals surface area contributed by atoms with Crippen molar-refractivity contribution in [3.63, 3.8) is 0 Å². The molecule has 0 radical (unpaired) electrons. The number of rotatable bonds is 5. The highest BCUT2D eigenvalue weighted by molar-refractivity contribution is 5.12. The molecule has 2 aliphatic rings. The van der Waals surface area contributed by atoms with Gasteiger partial charge in [0.1, 0.15) is 12.4 Å². The van der Waals surface area contributed by atoms with Crippen molar-refractivity contribution < 1.29 is 9.63 Å². The monoisotopic (exact) mass is 359 g/mol. The molecule has 4 rings (SSSR count). The molecule has 0 bridgehead atoms. The lowest BCUT2D eigenvalue weighted by Gasteiger charge is -2.31. The maximum Gasteiger partial charge on any atom is 0.158 e. The summed E-state index contributed by atoms with van der Waals surface area (Å²) in [6.45, 7) is 2.75. The van der Waals surface area contributed by atoms with Gasteiger partial charge >= 0.3 is 0 Å². The Balaban J connectivity index is 1.39. The molecule has 1 aliphatic heterocycles. The molecule has 0 aromatic carbocycles. The van der Waals surface area contributed by atoms with Crippen molar-refractivity contribution >= 4 is 0 Å². The fourth-order valence-electron chi connectivity index (χ4n) is 4.49. The van der Waals surface area contributed by atoms with E-state index in [9.17, 15) is 5.11 Å². The van der Waals surface area contributed by atoms with Crippen molar-refractivity contribution in [3.05, 3.63) is 29.2 Å². The van der Waals surface area contributed by atoms with Crippen LogP contribution in [0, 0.1) is 0 Å². The van der Waals surface area contributed by atoms with Crippen LogP contribution in [0.15, 0.2) is 10.6 Å². The number of piperidine rings is 1. The molecule has 0 spiro atoms. The number of likely N-dealkylation sites (tertiary alicyclic amines) is 1. The first-order chi connectivity index (χ1) is 12.7. The summed E-state index contributed by atoms with van der Waals surface area (Å²) in [7, 11) is 1.94. The SMILES string of the molecule is Cn1c(CO)nnc1C1CCCN(Cc2cc(C3CCCCC3)no2)C1. The van der Waals surface area contributed by atoms with Crippen LogP contribution in [0.5, 0.6) is 0 Å². The van der Waals surface area contributed by atoms with Crippen molar-refractivity contribution in [1.82, 2.24) is 24.8 Å². The van der Waals surface area contributed by atoms with E-state index in [0.717, 1.165) is 49.8 Å². The Morgan fingerprint density at radius 2 is 1.92 bits per heavy atom. The summed E-state index contributed by atoms with van der Waals surface area (Å²) >= 11 is 0. The van der Waals surface area contributed by atoms with Crippen LogP contribution < -0.4 is 0 Å². The number of aliphatic hydroxyl groups excluding tert-OH is 1. The highest BCUT2D eigenvalue weighted by Crippen LogP contribution is 2.33. The minimum atomic E-state index is -0.0675. The van der Waals surface area contributed by atoms with E-state index in [1.165, 1.54) is 32.1 Å². The van der Waals surface area contributed by atoms with Gasteiger partial charge in [0.25, 0.3) is 0 Å². The van der Waals surface area contributed by atoms with Gasteiger partial charge in [0.2, 0.25) is 0 Å². The lowest BCUT2D eigenvalue weighted by Crippen LogP contribution is -2.34. The Morgan fingerprint density at radius 3 is 2.69 bits per heavy atom. The first-order valence-electron chi connectivity index (χ1n) is 9.91. The average Bonchev–Trinajstić information content (AvgIpc) is 3.29. The molecule has 142 valence electrons. The molecule has 1 saturated carbocycles. The second-order valence-electron chi connectivity index (χ2n) is 7.82. The largest absolute Gasteiger partial charge is 0.388 e. The third-order valence-electron chi connectivity index (χ3n) is 5.99. The van der Waals surface area contributed by atoms with Crippen LogP contribution in [0.4, 0.5) is 0 Å². The number of nitrogens with zero attached hydrogens (tertiary/aromatic N) is 5. The van der Waals surface area contributed by atoms with Crippen molar-refractivity contribution in [1.29, 1.82) is 0 Å². The Hall–Kier alpha value is -1.73. The van der Waals surface area contributed by atoms with Gasteiger partial charge in [-0.3, -0.25) is 4.90 Å². The second-order valence-corrected chi connectivity index (χ2v) is 7.82. The lowest BCUT2D eigenvalue weighted by molar-refractivity contribution is 0.175. The van der Waals surface area contributed by atoms with Gasteiger partial charge in [-0.15, -0.1) is 10.2 Å². The zero-order valence-electron chi connectivity index (χ0n) is 15.6. The minimum absolute atomic E-state index is 0.0675. The number of aliphatic hydroxyl groups is 1. The van der Waals surface area contributed by atoms with Gasteiger partial charge in [-0.2, -0.15) is 0 Å². The van der Waals surface area contributed by atoms with Gasteiger partial charge in [0.15, 0.2) is 11.6 Å². The molecule has 0 amide bonds. The molecule has 2 fully saturated rings. The van der Waals surface area contributed by atoms with Crippen LogP contribution in [-0.2, 0) is 20.2 Å². The zero-order valence-corrected chi connectivity index (χ0v) is 15.6. The van der Waals surface area contributed by atoms with Gasteiger partial charge in [0.05, 0.1) is 12.2 Å². The second kappa shape index (κ2) is 7.88. The molecule has 2 aromatic rings. The number of hydrogen-bond donors (Lipinski definition) is 1. The number of aromatic nitrogens is 4. The first-order valence-corrected chi connectivity index (χ1v) is 9.91. The summed E-state index contributed by atoms with van der Waals surface area (Å²) in [5.74, 6) is 3.51. The standard InChI is InChI=1S/C19H29N5O2/c1-23-18(13-25)20-21-19(23)15-8-5-9-24(11-15)12-16-10-17(22-26-16)14-6-3-2-4-7-14/h10,14-15,25H,2-9,11-13H2,1H3. The van der Waals surface area contributed by atoms with Crippen LogP contribution in [0.1, 0.15) is 79.9 Å². The Labute approximate surface area is 154 Å². The molecule has 26 heavy (non-hydrogen) atoms. The highest BCUT2D eigenvalue weighted by atomic mass is 16.5. The van der Waals surface area contributed by atoms with Crippen LogP contribution >= 0.6 is 0 Å². The van der Waals surface area contributed by atoms with Crippen LogP contribution in [0.2, 0.25) is 0 Å². The van der Waals surface area contributed by atoms with Crippen molar-refractivity contribution in [2.75, 3.05) is 13.1 Å². The van der Waals surface area contributed by atoms with Gasteiger partial charge in [0, 0.05) is 31.5 Å². The Kier molecular flexibility index (Phi) is 5.36. The lowest BCUT2D eigenvalue weighted by atomic mass is 9.87. The predicted octanol–water partition coefficient (Wildman–Crippen LogP) is 2.72. The topological polar surface area (TPSA) is 80.2 Å². The molecule has 3 heterocycles. The molecular formula is C19H29N5O2. The Bertz CT molecular complexity index is 719. The maximum atomic E-state index is 9.33. The summed E-state index contributed by atoms with van der Waals surface area (Å²) < 4.78 is 7.58. The Morgan fingerprint density at radius 1 is 1.12 bits per heavy atom. The van der Waals surface area contributed by atoms with Crippen LogP contribution in [0.25, 0.3) is 0 Å². The maximum absolute atomic E-state index is 9.33. The van der Waals surface area contributed by atoms with Crippen LogP contribution in [-0.4, -0.2) is 43.0 Å². The van der Waals surface area contributed by atoms with E-state index in [-0.39, 0.29) is 6.61 Å². The summed E-state index contributed by atoms with van der Waals surface area (Å²) in [5, 5.41) is 22.1. The fraction of sp³-hybridized carbons (Fsp3) is 0.737. The van der Waals surface area contributed by atoms with Crippen molar-refractivity contribution in [3.8, 4) is 0 Å². The summed E-state index contributed by atoms with van der Waals surface area (Å²) in [5.41, 5.74) is 1.15. The smallest absolute Gasteiger partial charge is 0.158 e. The van der Waals surface area contributed by atoms with Crippen LogP contribution in [0.3, 0.4) is 0 Å². The molecule has 1 atom stereocenters. The van der Waals surface area contributed by atoms with E-state index in [1.807, 2.05) is 11.6 Å². The van der Waals surface area contributed by atoms with Crippen molar-refractivity contribution in [2.24, 2.45) is 7.05 Å². The molecule has 7 heteroatoms. The van der Waals surface area contributed by atoms with Gasteiger partial charge in [-0.1, -0.05) is 24.4 Å². The third kappa shape index (κ3) is 3.69. The fourth-order valence-corrected chi connectivity index (χ4v) is 4.49. The van der Waals surface area contributed by atoms with E-state index >= 15 is 0 Å². The van der Waals surface area contributed by atoms with Gasteiger partial charge in [-0.25, -0.2) is 0 Å². The average molecular weight is 359 g/mol. The molecule has 2 aromatic heterocycles. The highest BCUT2D eigenvalue weighted by Gasteiger charge is 2.27. The quantitative estimate of drug-likeness (QED) is 0.884. The third-order valence-corrected chi connectivity index (χ3v) is 5.99. The first kappa shape index (κ1) is 17.7. The summed E-state index contributed by atoms with van der Waals surface area (Å²) in [6.07, 6.45) is 8.72. The van der Waals surface area contributed by atoms with Crippen molar-refractivity contribution in [2.45, 2.75) is 69.9 Å².